The molecule has 3 N–H and O–H groups in total. The lowest BCUT2D eigenvalue weighted by atomic mass is 9.87. The zero-order valence-electron chi connectivity index (χ0n) is 11.0. The molecule has 0 radical (unpaired) electrons. The van der Waals surface area contributed by atoms with Crippen molar-refractivity contribution < 1.29 is 18.0 Å². The Labute approximate surface area is 110 Å². The van der Waals surface area contributed by atoms with Crippen molar-refractivity contribution in [3.63, 3.8) is 0 Å². The number of carbonyl (C=O) groups is 1. The lowest BCUT2D eigenvalue weighted by molar-refractivity contribution is -0.137. The van der Waals surface area contributed by atoms with Crippen LogP contribution in [0.15, 0.2) is 24.3 Å². The zero-order chi connectivity index (χ0) is 14.8. The molecule has 0 saturated carbocycles. The molecule has 0 saturated heterocycles. The molecule has 0 unspecified atom stereocenters. The molecule has 1 amide bonds. The Morgan fingerprint density at radius 2 is 1.74 bits per heavy atom. The Balaban J connectivity index is 2.99. The summed E-state index contributed by atoms with van der Waals surface area (Å²) in [6.45, 7) is 5.23. The second-order valence-corrected chi connectivity index (χ2v) is 5.38. The van der Waals surface area contributed by atoms with E-state index in [9.17, 15) is 18.0 Å². The van der Waals surface area contributed by atoms with Gasteiger partial charge in [0.25, 0.3) is 0 Å². The predicted molar refractivity (Wildman–Crippen MR) is 67.5 cm³/mol. The molecule has 1 aromatic rings. The van der Waals surface area contributed by atoms with Crippen LogP contribution in [0, 0.1) is 5.41 Å². The molecular weight excluding hydrogens is 257 g/mol. The van der Waals surface area contributed by atoms with Crippen molar-refractivity contribution in [1.82, 2.24) is 0 Å². The summed E-state index contributed by atoms with van der Waals surface area (Å²) in [5, 5.41) is 2.24. The fraction of sp³-hybridized carbons (Fsp3) is 0.462. The average Bonchev–Trinajstić information content (AvgIpc) is 2.26. The first-order chi connectivity index (χ1) is 8.53. The fourth-order valence-corrected chi connectivity index (χ4v) is 1.44. The molecule has 0 aliphatic carbocycles. The first-order valence-corrected chi connectivity index (χ1v) is 5.76. The number of hydrogen-bond donors (Lipinski definition) is 2. The smallest absolute Gasteiger partial charge is 0.324 e. The molecule has 6 heteroatoms. The third kappa shape index (κ3) is 3.96. The van der Waals surface area contributed by atoms with Crippen LogP contribution in [0.4, 0.5) is 18.9 Å². The second kappa shape index (κ2) is 5.21. The molecule has 0 aromatic heterocycles. The molecule has 1 atom stereocenters. The molecule has 1 aromatic carbocycles. The van der Waals surface area contributed by atoms with E-state index < -0.39 is 29.1 Å². The average molecular weight is 274 g/mol. The molecular formula is C13H17F3N2O. The fourth-order valence-electron chi connectivity index (χ4n) is 1.44. The van der Waals surface area contributed by atoms with Gasteiger partial charge in [0.2, 0.25) is 5.91 Å². The van der Waals surface area contributed by atoms with Gasteiger partial charge in [-0.1, -0.05) is 32.9 Å². The monoisotopic (exact) mass is 274 g/mol. The maximum Gasteiger partial charge on any atom is 0.418 e. The van der Waals surface area contributed by atoms with Gasteiger partial charge in [0.05, 0.1) is 17.3 Å². The number of halogens is 3. The first kappa shape index (κ1) is 15.5. The van der Waals surface area contributed by atoms with Crippen molar-refractivity contribution in [3.05, 3.63) is 29.8 Å². The number of hydrogen-bond acceptors (Lipinski definition) is 2. The van der Waals surface area contributed by atoms with Crippen molar-refractivity contribution in [2.24, 2.45) is 11.1 Å². The number of nitrogens with one attached hydrogen (secondary N) is 1. The highest BCUT2D eigenvalue weighted by Crippen LogP contribution is 2.34. The van der Waals surface area contributed by atoms with Gasteiger partial charge < -0.3 is 11.1 Å². The van der Waals surface area contributed by atoms with Crippen LogP contribution in [-0.2, 0) is 11.0 Å². The molecule has 0 spiro atoms. The number of carbonyl (C=O) groups excluding carboxylic acids is 1. The summed E-state index contributed by atoms with van der Waals surface area (Å²) in [5.74, 6) is -0.635. The Kier molecular flexibility index (Phi) is 4.25. The summed E-state index contributed by atoms with van der Waals surface area (Å²) < 4.78 is 38.3. The van der Waals surface area contributed by atoms with E-state index in [1.54, 1.807) is 20.8 Å². The van der Waals surface area contributed by atoms with E-state index in [0.29, 0.717) is 0 Å². The van der Waals surface area contributed by atoms with E-state index in [0.717, 1.165) is 6.07 Å². The summed E-state index contributed by atoms with van der Waals surface area (Å²) in [4.78, 5) is 11.8. The predicted octanol–water partition coefficient (Wildman–Crippen LogP) is 3.02. The molecule has 106 valence electrons. The SMILES string of the molecule is CC(C)(C)[C@H](N)C(=O)Nc1ccccc1C(F)(F)F. The van der Waals surface area contributed by atoms with E-state index in [-0.39, 0.29) is 5.69 Å². The summed E-state index contributed by atoms with van der Waals surface area (Å²) in [6.07, 6.45) is -4.52. The highest BCUT2D eigenvalue weighted by molar-refractivity contribution is 5.95. The van der Waals surface area contributed by atoms with E-state index in [4.69, 9.17) is 5.73 Å². The van der Waals surface area contributed by atoms with Gasteiger partial charge in [0.1, 0.15) is 0 Å². The first-order valence-electron chi connectivity index (χ1n) is 5.76. The zero-order valence-corrected chi connectivity index (χ0v) is 11.0. The van der Waals surface area contributed by atoms with E-state index in [1.807, 2.05) is 0 Å². The molecule has 1 rings (SSSR count). The van der Waals surface area contributed by atoms with Crippen LogP contribution >= 0.6 is 0 Å². The Morgan fingerprint density at radius 3 is 2.21 bits per heavy atom. The van der Waals surface area contributed by atoms with Gasteiger partial charge >= 0.3 is 6.18 Å². The standard InChI is InChI=1S/C13H17F3N2O/c1-12(2,3)10(17)11(19)18-9-7-5-4-6-8(9)13(14,15)16/h4-7,10H,17H2,1-3H3,(H,18,19)/t10-/m1/s1. The highest BCUT2D eigenvalue weighted by Gasteiger charge is 2.35. The third-order valence-corrected chi connectivity index (χ3v) is 2.71. The van der Waals surface area contributed by atoms with Crippen LogP contribution in [0.3, 0.4) is 0 Å². The van der Waals surface area contributed by atoms with Gasteiger partial charge in [-0.05, 0) is 17.5 Å². The normalized spacial score (nSPS) is 14.1. The van der Waals surface area contributed by atoms with E-state index in [2.05, 4.69) is 5.32 Å². The number of amides is 1. The number of benzene rings is 1. The van der Waals surface area contributed by atoms with Crippen molar-refractivity contribution in [2.75, 3.05) is 5.32 Å². The van der Waals surface area contributed by atoms with Crippen molar-refractivity contribution in [1.29, 1.82) is 0 Å². The number of anilines is 1. The maximum absolute atomic E-state index is 12.8. The highest BCUT2D eigenvalue weighted by atomic mass is 19.4. The quantitative estimate of drug-likeness (QED) is 0.871. The van der Waals surface area contributed by atoms with Gasteiger partial charge in [0.15, 0.2) is 0 Å². The summed E-state index contributed by atoms with van der Waals surface area (Å²) in [7, 11) is 0. The topological polar surface area (TPSA) is 55.1 Å². The molecule has 0 aliphatic heterocycles. The number of alkyl halides is 3. The van der Waals surface area contributed by atoms with E-state index >= 15 is 0 Å². The molecule has 3 nitrogen and oxygen atoms in total. The summed E-state index contributed by atoms with van der Waals surface area (Å²) in [5.41, 5.74) is 4.01. The Bertz CT molecular complexity index is 464. The summed E-state index contributed by atoms with van der Waals surface area (Å²) >= 11 is 0. The van der Waals surface area contributed by atoms with Crippen molar-refractivity contribution in [3.8, 4) is 0 Å². The molecule has 0 bridgehead atoms. The number of rotatable bonds is 2. The third-order valence-electron chi connectivity index (χ3n) is 2.71. The van der Waals surface area contributed by atoms with E-state index in [1.165, 1.54) is 18.2 Å². The van der Waals surface area contributed by atoms with Crippen LogP contribution in [0.5, 0.6) is 0 Å². The van der Waals surface area contributed by atoms with Gasteiger partial charge in [0, 0.05) is 0 Å². The molecule has 0 aliphatic rings. The lowest BCUT2D eigenvalue weighted by Crippen LogP contribution is -2.45. The molecule has 0 fully saturated rings. The maximum atomic E-state index is 12.8. The minimum atomic E-state index is -4.52. The lowest BCUT2D eigenvalue weighted by Gasteiger charge is -2.26. The molecule has 19 heavy (non-hydrogen) atoms. The number of para-hydroxylation sites is 1. The van der Waals surface area contributed by atoms with Crippen LogP contribution < -0.4 is 11.1 Å². The van der Waals surface area contributed by atoms with Crippen LogP contribution in [0.1, 0.15) is 26.3 Å². The van der Waals surface area contributed by atoms with Crippen LogP contribution in [-0.4, -0.2) is 11.9 Å². The number of nitrogens with two attached hydrogens (primary N) is 1. The minimum absolute atomic E-state index is 0.278. The van der Waals surface area contributed by atoms with Gasteiger partial charge in [-0.15, -0.1) is 0 Å². The van der Waals surface area contributed by atoms with Crippen LogP contribution in [0.25, 0.3) is 0 Å². The minimum Gasteiger partial charge on any atom is -0.324 e. The summed E-state index contributed by atoms with van der Waals surface area (Å²) in [6, 6.07) is 3.91. The van der Waals surface area contributed by atoms with Gasteiger partial charge in [-0.3, -0.25) is 4.79 Å². The van der Waals surface area contributed by atoms with Gasteiger partial charge in [-0.25, -0.2) is 0 Å². The van der Waals surface area contributed by atoms with Crippen molar-refractivity contribution >= 4 is 11.6 Å². The Morgan fingerprint density at radius 1 is 1.21 bits per heavy atom. The van der Waals surface area contributed by atoms with Crippen LogP contribution in [0.2, 0.25) is 0 Å². The molecule has 0 heterocycles. The second-order valence-electron chi connectivity index (χ2n) is 5.38. The Hall–Kier alpha value is -1.56. The van der Waals surface area contributed by atoms with Gasteiger partial charge in [-0.2, -0.15) is 13.2 Å². The van der Waals surface area contributed by atoms with Crippen molar-refractivity contribution in [2.45, 2.75) is 33.0 Å². The largest absolute Gasteiger partial charge is 0.418 e.